The van der Waals surface area contributed by atoms with Crippen LogP contribution in [-0.4, -0.2) is 26.1 Å². The van der Waals surface area contributed by atoms with E-state index >= 15 is 0 Å². The highest BCUT2D eigenvalue weighted by Crippen LogP contribution is 2.30. The molecule has 0 aliphatic carbocycles. The number of hydrogen-bond acceptors (Lipinski definition) is 4. The number of carbonyl (C=O) groups excluding carboxylic acids is 1. The zero-order chi connectivity index (χ0) is 16.2. The number of rotatable bonds is 6. The number of nitrogens with two attached hydrogens (primary N) is 1. The predicted molar refractivity (Wildman–Crippen MR) is 73.8 cm³/mol. The number of benzene rings is 1. The Hall–Kier alpha value is -2.12. The van der Waals surface area contributed by atoms with Crippen molar-refractivity contribution in [1.29, 1.82) is 0 Å². The summed E-state index contributed by atoms with van der Waals surface area (Å²) in [5.41, 5.74) is 5.09. The van der Waals surface area contributed by atoms with Crippen molar-refractivity contribution in [2.75, 3.05) is 24.6 Å². The summed E-state index contributed by atoms with van der Waals surface area (Å²) in [4.78, 5) is 11.6. The van der Waals surface area contributed by atoms with E-state index in [-0.39, 0.29) is 23.8 Å². The maximum Gasteiger partial charge on any atom is 0.387 e. The maximum absolute atomic E-state index is 13.4. The van der Waals surface area contributed by atoms with Crippen LogP contribution in [0.25, 0.3) is 0 Å². The first kappa shape index (κ1) is 16.9. The topological polar surface area (TPSA) is 76.4 Å². The van der Waals surface area contributed by atoms with Crippen LogP contribution in [0.1, 0.15) is 13.8 Å². The summed E-state index contributed by atoms with van der Waals surface area (Å²) in [7, 11) is 1.50. The molecule has 0 bridgehead atoms. The average molecular weight is 305 g/mol. The molecule has 21 heavy (non-hydrogen) atoms. The van der Waals surface area contributed by atoms with Crippen LogP contribution in [0.4, 0.5) is 24.5 Å². The predicted octanol–water partition coefficient (Wildman–Crippen LogP) is 2.19. The van der Waals surface area contributed by atoms with Crippen molar-refractivity contribution in [2.24, 2.45) is 5.41 Å². The third kappa shape index (κ3) is 4.44. The number of halogens is 3. The summed E-state index contributed by atoms with van der Waals surface area (Å²) in [5.74, 6) is -1.80. The normalized spacial score (nSPS) is 11.4. The Morgan fingerprint density at radius 3 is 2.57 bits per heavy atom. The van der Waals surface area contributed by atoms with Gasteiger partial charge in [0.2, 0.25) is 5.91 Å². The Bertz CT molecular complexity index is 522. The van der Waals surface area contributed by atoms with Gasteiger partial charge in [0.25, 0.3) is 0 Å². The minimum Gasteiger partial charge on any atom is -0.432 e. The second kappa shape index (κ2) is 6.55. The van der Waals surface area contributed by atoms with Crippen LogP contribution in [0.3, 0.4) is 0 Å². The van der Waals surface area contributed by atoms with Crippen LogP contribution < -0.4 is 21.1 Å². The van der Waals surface area contributed by atoms with Crippen LogP contribution in [0, 0.1) is 11.2 Å². The van der Waals surface area contributed by atoms with E-state index in [9.17, 15) is 18.0 Å². The van der Waals surface area contributed by atoms with E-state index in [1.165, 1.54) is 7.05 Å². The zero-order valence-electron chi connectivity index (χ0n) is 12.0. The van der Waals surface area contributed by atoms with Gasteiger partial charge in [0.1, 0.15) is 0 Å². The number of ether oxygens (including phenoxy) is 1. The first-order valence-electron chi connectivity index (χ1n) is 6.17. The van der Waals surface area contributed by atoms with Crippen LogP contribution >= 0.6 is 0 Å². The van der Waals surface area contributed by atoms with Gasteiger partial charge in [-0.1, -0.05) is 0 Å². The molecule has 8 heteroatoms. The SMILES string of the molecule is CNC(=O)C(C)(C)CNc1cc(OC(F)F)c(F)cc1N. The van der Waals surface area contributed by atoms with Gasteiger partial charge >= 0.3 is 6.61 Å². The first-order valence-corrected chi connectivity index (χ1v) is 6.17. The molecule has 0 fully saturated rings. The highest BCUT2D eigenvalue weighted by atomic mass is 19.3. The van der Waals surface area contributed by atoms with E-state index in [1.807, 2.05) is 0 Å². The van der Waals surface area contributed by atoms with Gasteiger partial charge in [0, 0.05) is 25.7 Å². The molecule has 1 rings (SSSR count). The molecule has 0 aromatic heterocycles. The monoisotopic (exact) mass is 305 g/mol. The third-order valence-electron chi connectivity index (χ3n) is 2.88. The van der Waals surface area contributed by atoms with E-state index in [4.69, 9.17) is 5.73 Å². The molecule has 1 amide bonds. The number of nitrogen functional groups attached to an aromatic ring is 1. The molecule has 5 nitrogen and oxygen atoms in total. The second-order valence-corrected chi connectivity index (χ2v) is 5.06. The van der Waals surface area contributed by atoms with Crippen molar-refractivity contribution < 1.29 is 22.7 Å². The molecular formula is C13H18F3N3O2. The fourth-order valence-corrected chi connectivity index (χ4v) is 1.64. The standard InChI is InChI=1S/C13H18F3N3O2/c1-13(2,11(20)18-3)6-19-9-5-10(21-12(15)16)7(14)4-8(9)17/h4-5,12,19H,6,17H2,1-3H3,(H,18,20). The van der Waals surface area contributed by atoms with Crippen molar-refractivity contribution in [1.82, 2.24) is 5.32 Å². The Labute approximate surface area is 120 Å². The Morgan fingerprint density at radius 2 is 2.05 bits per heavy atom. The van der Waals surface area contributed by atoms with Crippen LogP contribution in [0.15, 0.2) is 12.1 Å². The molecule has 1 aromatic rings. The van der Waals surface area contributed by atoms with E-state index in [1.54, 1.807) is 13.8 Å². The number of anilines is 2. The molecule has 0 radical (unpaired) electrons. The lowest BCUT2D eigenvalue weighted by Crippen LogP contribution is -2.39. The maximum atomic E-state index is 13.4. The van der Waals surface area contributed by atoms with Gasteiger partial charge in [-0.3, -0.25) is 4.79 Å². The Kier molecular flexibility index (Phi) is 5.28. The Balaban J connectivity index is 2.91. The summed E-state index contributed by atoms with van der Waals surface area (Å²) in [5, 5.41) is 5.34. The molecule has 118 valence electrons. The van der Waals surface area contributed by atoms with Gasteiger partial charge < -0.3 is 21.1 Å². The summed E-state index contributed by atoms with van der Waals surface area (Å²) < 4.78 is 41.8. The zero-order valence-corrected chi connectivity index (χ0v) is 12.0. The van der Waals surface area contributed by atoms with E-state index < -0.39 is 23.6 Å². The van der Waals surface area contributed by atoms with Crippen LogP contribution in [-0.2, 0) is 4.79 Å². The van der Waals surface area contributed by atoms with Gasteiger partial charge in [0.05, 0.1) is 16.8 Å². The number of hydrogen-bond donors (Lipinski definition) is 3. The molecule has 0 spiro atoms. The van der Waals surface area contributed by atoms with E-state index in [0.29, 0.717) is 0 Å². The molecule has 0 saturated heterocycles. The minimum absolute atomic E-state index is 0.0295. The number of carbonyl (C=O) groups is 1. The molecule has 0 saturated carbocycles. The summed E-state index contributed by atoms with van der Waals surface area (Å²) >= 11 is 0. The number of alkyl halides is 2. The molecule has 0 heterocycles. The molecule has 0 aliphatic heterocycles. The third-order valence-corrected chi connectivity index (χ3v) is 2.88. The minimum atomic E-state index is -3.14. The quantitative estimate of drug-likeness (QED) is 0.704. The summed E-state index contributed by atoms with van der Waals surface area (Å²) in [6.45, 7) is 0.416. The number of nitrogens with one attached hydrogen (secondary N) is 2. The van der Waals surface area contributed by atoms with Crippen molar-refractivity contribution in [2.45, 2.75) is 20.5 Å². The van der Waals surface area contributed by atoms with Gasteiger partial charge in [-0.15, -0.1) is 0 Å². The van der Waals surface area contributed by atoms with Gasteiger partial charge in [-0.05, 0) is 13.8 Å². The van der Waals surface area contributed by atoms with Gasteiger partial charge in [-0.25, -0.2) is 4.39 Å². The molecule has 4 N–H and O–H groups in total. The highest BCUT2D eigenvalue weighted by Gasteiger charge is 2.26. The van der Waals surface area contributed by atoms with Crippen LogP contribution in [0.5, 0.6) is 5.75 Å². The highest BCUT2D eigenvalue weighted by molar-refractivity contribution is 5.82. The van der Waals surface area contributed by atoms with Gasteiger partial charge in [0.15, 0.2) is 11.6 Å². The number of amides is 1. The largest absolute Gasteiger partial charge is 0.432 e. The second-order valence-electron chi connectivity index (χ2n) is 5.06. The fourth-order valence-electron chi connectivity index (χ4n) is 1.64. The van der Waals surface area contributed by atoms with Crippen molar-refractivity contribution >= 4 is 17.3 Å². The molecule has 1 aromatic carbocycles. The molecule has 0 atom stereocenters. The smallest absolute Gasteiger partial charge is 0.387 e. The van der Waals surface area contributed by atoms with E-state index in [2.05, 4.69) is 15.4 Å². The Morgan fingerprint density at radius 1 is 1.43 bits per heavy atom. The van der Waals surface area contributed by atoms with Crippen molar-refractivity contribution in [3.63, 3.8) is 0 Å². The van der Waals surface area contributed by atoms with Crippen LogP contribution in [0.2, 0.25) is 0 Å². The molecule has 0 aliphatic rings. The lowest BCUT2D eigenvalue weighted by Gasteiger charge is -2.24. The molecule has 0 unspecified atom stereocenters. The first-order chi connectivity index (χ1) is 9.67. The molecular weight excluding hydrogens is 287 g/mol. The van der Waals surface area contributed by atoms with Gasteiger partial charge in [-0.2, -0.15) is 8.78 Å². The lowest BCUT2D eigenvalue weighted by molar-refractivity contribution is -0.128. The fraction of sp³-hybridized carbons (Fsp3) is 0.462. The van der Waals surface area contributed by atoms with Crippen molar-refractivity contribution in [3.8, 4) is 5.75 Å². The van der Waals surface area contributed by atoms with E-state index in [0.717, 1.165) is 12.1 Å². The van der Waals surface area contributed by atoms with Crippen molar-refractivity contribution in [3.05, 3.63) is 17.9 Å². The average Bonchev–Trinajstić information content (AvgIpc) is 2.39. The summed E-state index contributed by atoms with van der Waals surface area (Å²) in [6.07, 6.45) is 0. The summed E-state index contributed by atoms with van der Waals surface area (Å²) in [6, 6.07) is 1.92. The lowest BCUT2D eigenvalue weighted by atomic mass is 9.92.